The molecule has 0 radical (unpaired) electrons. The van der Waals surface area contributed by atoms with Crippen molar-refractivity contribution in [3.05, 3.63) is 62.7 Å². The Bertz CT molecular complexity index is 1040. The Morgan fingerprint density at radius 2 is 2.10 bits per heavy atom. The summed E-state index contributed by atoms with van der Waals surface area (Å²) in [5.74, 6) is 1.71. The Morgan fingerprint density at radius 1 is 1.20 bits per heavy atom. The van der Waals surface area contributed by atoms with E-state index in [0.717, 1.165) is 24.3 Å². The van der Waals surface area contributed by atoms with Crippen molar-refractivity contribution in [3.8, 4) is 17.1 Å². The molecule has 0 atom stereocenters. The van der Waals surface area contributed by atoms with Gasteiger partial charge in [-0.3, -0.25) is 9.59 Å². The molecule has 1 aliphatic carbocycles. The maximum absolute atomic E-state index is 12.4. The van der Waals surface area contributed by atoms with Gasteiger partial charge in [0.1, 0.15) is 11.4 Å². The highest BCUT2D eigenvalue weighted by Gasteiger charge is 2.22. The van der Waals surface area contributed by atoms with Crippen LogP contribution < -0.4 is 15.6 Å². The first-order chi connectivity index (χ1) is 14.7. The zero-order chi connectivity index (χ0) is 20.8. The topological polar surface area (TPSA) is 97.0 Å². The molecule has 1 aromatic carbocycles. The number of hydrogen-bond acceptors (Lipinski definition) is 6. The van der Waals surface area contributed by atoms with Crippen molar-refractivity contribution in [2.45, 2.75) is 32.1 Å². The number of H-pyrrole nitrogens is 1. The van der Waals surface area contributed by atoms with E-state index in [2.05, 4.69) is 20.5 Å². The molecule has 0 unspecified atom stereocenters. The SMILES string of the molecule is O=C(CCc1nnc(-c2cccc(OCC3CC3)c2)[nH]c1=O)NCCc1cccs1. The minimum atomic E-state index is -0.323. The van der Waals surface area contributed by atoms with E-state index in [1.54, 1.807) is 11.3 Å². The molecule has 0 aliphatic heterocycles. The molecule has 1 fully saturated rings. The lowest BCUT2D eigenvalue weighted by atomic mass is 10.2. The molecule has 0 saturated heterocycles. The van der Waals surface area contributed by atoms with E-state index in [-0.39, 0.29) is 30.0 Å². The number of aromatic amines is 1. The third-order valence-corrected chi connectivity index (χ3v) is 5.85. The third-order valence-electron chi connectivity index (χ3n) is 4.92. The van der Waals surface area contributed by atoms with Crippen molar-refractivity contribution in [3.63, 3.8) is 0 Å². The lowest BCUT2D eigenvalue weighted by Crippen LogP contribution is -2.27. The van der Waals surface area contributed by atoms with Gasteiger partial charge in [-0.25, -0.2) is 0 Å². The van der Waals surface area contributed by atoms with Crippen molar-refractivity contribution >= 4 is 17.2 Å². The van der Waals surface area contributed by atoms with E-state index in [1.165, 1.54) is 17.7 Å². The highest BCUT2D eigenvalue weighted by Crippen LogP contribution is 2.30. The molecule has 2 N–H and O–H groups in total. The second-order valence-corrected chi connectivity index (χ2v) is 8.44. The molecule has 1 saturated carbocycles. The summed E-state index contributed by atoms with van der Waals surface area (Å²) in [7, 11) is 0. The van der Waals surface area contributed by atoms with Crippen LogP contribution in [0.5, 0.6) is 5.75 Å². The zero-order valence-electron chi connectivity index (χ0n) is 16.6. The Morgan fingerprint density at radius 3 is 2.87 bits per heavy atom. The molecule has 156 valence electrons. The fourth-order valence-corrected chi connectivity index (χ4v) is 3.69. The summed E-state index contributed by atoms with van der Waals surface area (Å²) in [6.45, 7) is 1.31. The van der Waals surface area contributed by atoms with Gasteiger partial charge in [0.05, 0.1) is 6.61 Å². The summed E-state index contributed by atoms with van der Waals surface area (Å²) >= 11 is 1.67. The van der Waals surface area contributed by atoms with Crippen LogP contribution in [-0.4, -0.2) is 34.2 Å². The van der Waals surface area contributed by atoms with E-state index >= 15 is 0 Å². The maximum atomic E-state index is 12.4. The molecular weight excluding hydrogens is 400 g/mol. The molecule has 4 rings (SSSR count). The highest BCUT2D eigenvalue weighted by atomic mass is 32.1. The van der Waals surface area contributed by atoms with Crippen LogP contribution in [0.3, 0.4) is 0 Å². The minimum absolute atomic E-state index is 0.0997. The predicted octanol–water partition coefficient (Wildman–Crippen LogP) is 2.97. The molecule has 7 nitrogen and oxygen atoms in total. The van der Waals surface area contributed by atoms with Crippen LogP contribution in [0.15, 0.2) is 46.6 Å². The van der Waals surface area contributed by atoms with E-state index < -0.39 is 0 Å². The van der Waals surface area contributed by atoms with Gasteiger partial charge < -0.3 is 15.0 Å². The number of benzene rings is 1. The smallest absolute Gasteiger partial charge is 0.273 e. The molecule has 8 heteroatoms. The summed E-state index contributed by atoms with van der Waals surface area (Å²) < 4.78 is 5.78. The summed E-state index contributed by atoms with van der Waals surface area (Å²) in [4.78, 5) is 28.4. The molecular formula is C22H24N4O3S. The lowest BCUT2D eigenvalue weighted by molar-refractivity contribution is -0.121. The number of amides is 1. The molecule has 0 bridgehead atoms. The molecule has 1 amide bonds. The Hall–Kier alpha value is -3.00. The van der Waals surface area contributed by atoms with Crippen LogP contribution in [0.2, 0.25) is 0 Å². The van der Waals surface area contributed by atoms with Crippen LogP contribution >= 0.6 is 11.3 Å². The van der Waals surface area contributed by atoms with Gasteiger partial charge in [-0.15, -0.1) is 21.5 Å². The number of carbonyl (C=O) groups excluding carboxylic acids is 1. The number of rotatable bonds is 10. The number of hydrogen-bond donors (Lipinski definition) is 2. The quantitative estimate of drug-likeness (QED) is 0.522. The largest absolute Gasteiger partial charge is 0.493 e. The first-order valence-electron chi connectivity index (χ1n) is 10.2. The average molecular weight is 425 g/mol. The van der Waals surface area contributed by atoms with Gasteiger partial charge in [0.2, 0.25) is 5.91 Å². The standard InChI is InChI=1S/C22H24N4O3S/c27-20(23-11-10-18-5-2-12-30-18)9-8-19-22(28)24-21(26-25-19)16-3-1-4-17(13-16)29-14-15-6-7-15/h1-5,12-13,15H,6-11,14H2,(H,23,27)(H,24,26,28). The zero-order valence-corrected chi connectivity index (χ0v) is 17.4. The Labute approximate surface area is 178 Å². The minimum Gasteiger partial charge on any atom is -0.493 e. The maximum Gasteiger partial charge on any atom is 0.273 e. The van der Waals surface area contributed by atoms with Gasteiger partial charge in [0.15, 0.2) is 5.82 Å². The normalized spacial score (nSPS) is 13.2. The third kappa shape index (κ3) is 5.76. The predicted molar refractivity (Wildman–Crippen MR) is 116 cm³/mol. The van der Waals surface area contributed by atoms with Gasteiger partial charge >= 0.3 is 0 Å². The summed E-state index contributed by atoms with van der Waals surface area (Å²) in [5, 5.41) is 13.1. The highest BCUT2D eigenvalue weighted by molar-refractivity contribution is 7.09. The van der Waals surface area contributed by atoms with Crippen LogP contribution in [0.4, 0.5) is 0 Å². The molecule has 30 heavy (non-hydrogen) atoms. The van der Waals surface area contributed by atoms with E-state index in [4.69, 9.17) is 4.74 Å². The van der Waals surface area contributed by atoms with Crippen LogP contribution in [-0.2, 0) is 17.6 Å². The number of aryl methyl sites for hydroxylation is 1. The molecule has 2 aromatic heterocycles. The first kappa shape index (κ1) is 20.3. The molecule has 2 heterocycles. The van der Waals surface area contributed by atoms with Gasteiger partial charge in [-0.2, -0.15) is 0 Å². The summed E-state index contributed by atoms with van der Waals surface area (Å²) in [6, 6.07) is 11.5. The van der Waals surface area contributed by atoms with Crippen molar-refractivity contribution in [2.75, 3.05) is 13.2 Å². The number of aromatic nitrogens is 3. The fourth-order valence-electron chi connectivity index (χ4n) is 2.99. The monoisotopic (exact) mass is 424 g/mol. The van der Waals surface area contributed by atoms with Gasteiger partial charge in [-0.05, 0) is 48.8 Å². The van der Waals surface area contributed by atoms with E-state index in [1.807, 2.05) is 41.8 Å². The van der Waals surface area contributed by atoms with Gasteiger partial charge in [0.25, 0.3) is 5.56 Å². The average Bonchev–Trinajstić information content (AvgIpc) is 3.45. The lowest BCUT2D eigenvalue weighted by Gasteiger charge is -2.07. The second-order valence-electron chi connectivity index (χ2n) is 7.41. The first-order valence-corrected chi connectivity index (χ1v) is 11.0. The number of ether oxygens (including phenoxy) is 1. The number of nitrogens with one attached hydrogen (secondary N) is 2. The Balaban J connectivity index is 1.30. The van der Waals surface area contributed by atoms with Crippen molar-refractivity contribution in [2.24, 2.45) is 5.92 Å². The number of carbonyl (C=O) groups is 1. The van der Waals surface area contributed by atoms with Gasteiger partial charge in [-0.1, -0.05) is 18.2 Å². The summed E-state index contributed by atoms with van der Waals surface area (Å²) in [6.07, 6.45) is 3.71. The van der Waals surface area contributed by atoms with Crippen LogP contribution in [0.25, 0.3) is 11.4 Å². The Kier molecular flexibility index (Phi) is 6.53. The number of nitrogens with zero attached hydrogens (tertiary/aromatic N) is 2. The van der Waals surface area contributed by atoms with Crippen LogP contribution in [0.1, 0.15) is 29.8 Å². The summed E-state index contributed by atoms with van der Waals surface area (Å²) in [5.41, 5.74) is 0.676. The number of thiophene rings is 1. The second kappa shape index (κ2) is 9.67. The van der Waals surface area contributed by atoms with E-state index in [9.17, 15) is 9.59 Å². The molecule has 3 aromatic rings. The van der Waals surface area contributed by atoms with Gasteiger partial charge in [0, 0.05) is 29.8 Å². The van der Waals surface area contributed by atoms with Crippen molar-refractivity contribution in [1.29, 1.82) is 0 Å². The van der Waals surface area contributed by atoms with Crippen molar-refractivity contribution < 1.29 is 9.53 Å². The van der Waals surface area contributed by atoms with E-state index in [0.29, 0.717) is 18.3 Å². The molecule has 1 aliphatic rings. The van der Waals surface area contributed by atoms with Crippen molar-refractivity contribution in [1.82, 2.24) is 20.5 Å². The molecule has 0 spiro atoms. The van der Waals surface area contributed by atoms with Crippen LogP contribution in [0, 0.1) is 5.92 Å². The fraction of sp³-hybridized carbons (Fsp3) is 0.364.